The lowest BCUT2D eigenvalue weighted by Crippen LogP contribution is -2.49. The number of likely N-dealkylation sites (tertiary alicyclic amines) is 1. The first-order chi connectivity index (χ1) is 13.6. The molecule has 5 heteroatoms. The minimum Gasteiger partial charge on any atom is -0.468 e. The number of ether oxygens (including phenoxy) is 1. The van der Waals surface area contributed by atoms with Crippen molar-refractivity contribution in [1.82, 2.24) is 9.47 Å². The molecule has 4 rings (SSSR count). The van der Waals surface area contributed by atoms with Gasteiger partial charge < -0.3 is 14.2 Å². The van der Waals surface area contributed by atoms with Crippen LogP contribution < -0.4 is 0 Å². The fraction of sp³-hybridized carbons (Fsp3) is 0.304. The minimum absolute atomic E-state index is 0.0170. The smallest absolute Gasteiger partial charge is 0.316 e. The second kappa shape index (κ2) is 7.15. The van der Waals surface area contributed by atoms with Crippen molar-refractivity contribution >= 4 is 22.8 Å². The second-order valence-electron chi connectivity index (χ2n) is 7.40. The van der Waals surface area contributed by atoms with Gasteiger partial charge >= 0.3 is 5.97 Å². The number of rotatable bonds is 3. The molecular weight excluding hydrogens is 352 g/mol. The average Bonchev–Trinajstić information content (AvgIpc) is 3.10. The van der Waals surface area contributed by atoms with Gasteiger partial charge in [-0.1, -0.05) is 48.5 Å². The van der Waals surface area contributed by atoms with Gasteiger partial charge in [0, 0.05) is 37.2 Å². The van der Waals surface area contributed by atoms with Crippen LogP contribution in [0.3, 0.4) is 0 Å². The van der Waals surface area contributed by atoms with E-state index in [1.807, 2.05) is 77.3 Å². The number of piperidine rings is 1. The molecule has 0 bridgehead atoms. The summed E-state index contributed by atoms with van der Waals surface area (Å²) in [5, 5.41) is 0.961. The molecule has 1 saturated heterocycles. The van der Waals surface area contributed by atoms with E-state index in [1.54, 1.807) is 0 Å². The van der Waals surface area contributed by atoms with Gasteiger partial charge in [0.2, 0.25) is 0 Å². The number of aryl methyl sites for hydroxylation is 1. The molecule has 0 aliphatic carbocycles. The minimum atomic E-state index is -0.689. The third-order valence-electron chi connectivity index (χ3n) is 5.93. The van der Waals surface area contributed by atoms with Crippen molar-refractivity contribution in [1.29, 1.82) is 0 Å². The Bertz CT molecular complexity index is 1010. The number of nitrogens with zero attached hydrogens (tertiary/aromatic N) is 2. The van der Waals surface area contributed by atoms with Gasteiger partial charge in [0.25, 0.3) is 5.91 Å². The number of hydrogen-bond acceptors (Lipinski definition) is 3. The van der Waals surface area contributed by atoms with Gasteiger partial charge in [-0.3, -0.25) is 9.59 Å². The molecule has 1 aliphatic heterocycles. The van der Waals surface area contributed by atoms with E-state index in [0.29, 0.717) is 31.5 Å². The summed E-state index contributed by atoms with van der Waals surface area (Å²) in [7, 11) is 3.38. The van der Waals surface area contributed by atoms with Gasteiger partial charge in [0.1, 0.15) is 0 Å². The summed E-state index contributed by atoms with van der Waals surface area (Å²) >= 11 is 0. The van der Waals surface area contributed by atoms with Crippen molar-refractivity contribution < 1.29 is 14.3 Å². The first-order valence-corrected chi connectivity index (χ1v) is 9.54. The number of amides is 1. The second-order valence-corrected chi connectivity index (χ2v) is 7.40. The van der Waals surface area contributed by atoms with Crippen molar-refractivity contribution in [3.05, 3.63) is 71.9 Å². The van der Waals surface area contributed by atoms with Crippen LogP contribution in [0.15, 0.2) is 60.8 Å². The molecule has 0 radical (unpaired) electrons. The van der Waals surface area contributed by atoms with Crippen LogP contribution in [0.1, 0.15) is 28.8 Å². The van der Waals surface area contributed by atoms with E-state index in [0.717, 1.165) is 16.5 Å². The predicted octanol–water partition coefficient (Wildman–Crippen LogP) is 3.53. The molecule has 2 aromatic carbocycles. The number of methoxy groups -OCH3 is 1. The Labute approximate surface area is 164 Å². The van der Waals surface area contributed by atoms with E-state index >= 15 is 0 Å². The highest BCUT2D eigenvalue weighted by Gasteiger charge is 2.44. The SMILES string of the molecule is COC(=O)C1(c2ccccc2)CCN(C(=O)c2cn(C)c3ccccc23)CC1. The van der Waals surface area contributed by atoms with Crippen LogP contribution in [0, 0.1) is 0 Å². The number of aromatic nitrogens is 1. The third kappa shape index (κ3) is 2.87. The molecule has 0 saturated carbocycles. The summed E-state index contributed by atoms with van der Waals surface area (Å²) < 4.78 is 7.12. The summed E-state index contributed by atoms with van der Waals surface area (Å²) in [5.74, 6) is -0.209. The number of carbonyl (C=O) groups is 2. The van der Waals surface area contributed by atoms with Gasteiger partial charge in [0.15, 0.2) is 0 Å². The number of para-hydroxylation sites is 1. The largest absolute Gasteiger partial charge is 0.468 e. The van der Waals surface area contributed by atoms with Crippen molar-refractivity contribution in [2.75, 3.05) is 20.2 Å². The highest BCUT2D eigenvalue weighted by molar-refractivity contribution is 6.07. The normalized spacial score (nSPS) is 16.1. The lowest BCUT2D eigenvalue weighted by atomic mass is 9.72. The van der Waals surface area contributed by atoms with Gasteiger partial charge in [-0.05, 0) is 24.5 Å². The maximum atomic E-state index is 13.2. The predicted molar refractivity (Wildman–Crippen MR) is 108 cm³/mol. The molecule has 0 spiro atoms. The zero-order chi connectivity index (χ0) is 19.7. The lowest BCUT2D eigenvalue weighted by Gasteiger charge is -2.40. The molecule has 1 aromatic heterocycles. The van der Waals surface area contributed by atoms with E-state index in [4.69, 9.17) is 4.74 Å². The Kier molecular flexibility index (Phi) is 4.67. The molecule has 0 unspecified atom stereocenters. The van der Waals surface area contributed by atoms with Crippen LogP contribution >= 0.6 is 0 Å². The van der Waals surface area contributed by atoms with E-state index in [2.05, 4.69) is 0 Å². The van der Waals surface area contributed by atoms with Crippen molar-refractivity contribution in [2.24, 2.45) is 7.05 Å². The van der Waals surface area contributed by atoms with Crippen LogP contribution in [0.2, 0.25) is 0 Å². The van der Waals surface area contributed by atoms with Crippen LogP contribution in [0.25, 0.3) is 10.9 Å². The standard InChI is InChI=1S/C23H24N2O3/c1-24-16-19(18-10-6-7-11-20(18)24)21(26)25-14-12-23(13-15-25,22(27)28-2)17-8-4-3-5-9-17/h3-11,16H,12-15H2,1-2H3. The monoisotopic (exact) mass is 376 g/mol. The Balaban J connectivity index is 1.60. The van der Waals surface area contributed by atoms with Crippen LogP contribution in [0.4, 0.5) is 0 Å². The average molecular weight is 376 g/mol. The Morgan fingerprint density at radius 2 is 1.61 bits per heavy atom. The molecule has 0 atom stereocenters. The highest BCUT2D eigenvalue weighted by Crippen LogP contribution is 2.37. The van der Waals surface area contributed by atoms with Gasteiger partial charge in [-0.2, -0.15) is 0 Å². The summed E-state index contributed by atoms with van der Waals surface area (Å²) in [4.78, 5) is 27.7. The van der Waals surface area contributed by atoms with E-state index in [9.17, 15) is 9.59 Å². The third-order valence-corrected chi connectivity index (χ3v) is 5.93. The fourth-order valence-corrected chi connectivity index (χ4v) is 4.34. The maximum Gasteiger partial charge on any atom is 0.316 e. The van der Waals surface area contributed by atoms with Crippen LogP contribution in [-0.2, 0) is 22.0 Å². The van der Waals surface area contributed by atoms with E-state index in [-0.39, 0.29) is 11.9 Å². The fourth-order valence-electron chi connectivity index (χ4n) is 4.34. The zero-order valence-corrected chi connectivity index (χ0v) is 16.2. The Morgan fingerprint density at radius 3 is 2.29 bits per heavy atom. The van der Waals surface area contributed by atoms with Gasteiger partial charge in [-0.15, -0.1) is 0 Å². The molecule has 2 heterocycles. The summed E-state index contributed by atoms with van der Waals surface area (Å²) in [6.45, 7) is 1.04. The molecule has 3 aromatic rings. The molecule has 1 aliphatic rings. The summed E-state index contributed by atoms with van der Waals surface area (Å²) in [6.07, 6.45) is 3.01. The van der Waals surface area contributed by atoms with Gasteiger partial charge in [0.05, 0.1) is 18.1 Å². The highest BCUT2D eigenvalue weighted by atomic mass is 16.5. The maximum absolute atomic E-state index is 13.2. The molecule has 28 heavy (non-hydrogen) atoms. The Morgan fingerprint density at radius 1 is 0.964 bits per heavy atom. The number of esters is 1. The number of fused-ring (bicyclic) bond motifs is 1. The van der Waals surface area contributed by atoms with Crippen molar-refractivity contribution in [2.45, 2.75) is 18.3 Å². The topological polar surface area (TPSA) is 51.5 Å². The van der Waals surface area contributed by atoms with E-state index in [1.165, 1.54) is 7.11 Å². The molecule has 1 amide bonds. The number of carbonyl (C=O) groups excluding carboxylic acids is 2. The number of hydrogen-bond donors (Lipinski definition) is 0. The molecule has 1 fully saturated rings. The van der Waals surface area contributed by atoms with Crippen molar-refractivity contribution in [3.8, 4) is 0 Å². The van der Waals surface area contributed by atoms with Crippen LogP contribution in [-0.4, -0.2) is 41.5 Å². The van der Waals surface area contributed by atoms with Gasteiger partial charge in [-0.25, -0.2) is 0 Å². The number of benzene rings is 2. The first-order valence-electron chi connectivity index (χ1n) is 9.54. The zero-order valence-electron chi connectivity index (χ0n) is 16.2. The molecule has 5 nitrogen and oxygen atoms in total. The Hall–Kier alpha value is -3.08. The first kappa shape index (κ1) is 18.3. The van der Waals surface area contributed by atoms with Crippen LogP contribution in [0.5, 0.6) is 0 Å². The van der Waals surface area contributed by atoms with E-state index < -0.39 is 5.41 Å². The summed E-state index contributed by atoms with van der Waals surface area (Å²) in [5.41, 5.74) is 2.02. The van der Waals surface area contributed by atoms with Crippen molar-refractivity contribution in [3.63, 3.8) is 0 Å². The lowest BCUT2D eigenvalue weighted by molar-refractivity contribution is -0.149. The molecular formula is C23H24N2O3. The molecule has 144 valence electrons. The molecule has 0 N–H and O–H groups in total. The quantitative estimate of drug-likeness (QED) is 0.657. The summed E-state index contributed by atoms with van der Waals surface area (Å²) in [6, 6.07) is 17.7.